The molecule has 6 nitrogen and oxygen atoms in total. The molecule has 0 bridgehead atoms. The number of hydrogen-bond donors (Lipinski definition) is 1. The average Bonchev–Trinajstić information content (AvgIpc) is 2.96. The normalized spacial score (nSPS) is 16.6. The zero-order valence-corrected chi connectivity index (χ0v) is 17.0. The Bertz CT molecular complexity index is 926. The van der Waals surface area contributed by atoms with Crippen LogP contribution in [-0.2, 0) is 15.8 Å². The Kier molecular flexibility index (Phi) is 5.83. The molecule has 27 heavy (non-hydrogen) atoms. The van der Waals surface area contributed by atoms with Crippen molar-refractivity contribution in [1.82, 2.24) is 14.2 Å². The Morgan fingerprint density at radius 1 is 1.07 bits per heavy atom. The van der Waals surface area contributed by atoms with Gasteiger partial charge in [-0.3, -0.25) is 9.69 Å². The number of carbonyl (C=O) groups is 1. The number of carbonyl (C=O) groups excluding carboxylic acids is 1. The van der Waals surface area contributed by atoms with Crippen LogP contribution in [0.25, 0.3) is 0 Å². The molecule has 3 rings (SSSR count). The van der Waals surface area contributed by atoms with Gasteiger partial charge in [0.1, 0.15) is 0 Å². The van der Waals surface area contributed by atoms with E-state index in [-0.39, 0.29) is 11.5 Å². The number of sulfonamides is 1. The molecule has 0 radical (unpaired) electrons. The van der Waals surface area contributed by atoms with E-state index >= 15 is 0 Å². The Hall–Kier alpha value is -1.96. The third kappa shape index (κ3) is 4.66. The number of aryl methyl sites for hydroxylation is 3. The number of H-pyrrole nitrogens is 1. The Morgan fingerprint density at radius 2 is 1.74 bits per heavy atom. The number of Topliss-reactive ketones (excluding diaryl/α,β-unsaturated/α-hetero) is 1. The summed E-state index contributed by atoms with van der Waals surface area (Å²) in [6, 6.07) is 9.45. The Labute approximate surface area is 161 Å². The summed E-state index contributed by atoms with van der Waals surface area (Å²) < 4.78 is 27.0. The lowest BCUT2D eigenvalue weighted by Crippen LogP contribution is -2.50. The summed E-state index contributed by atoms with van der Waals surface area (Å²) in [5.74, 6) is 0.105. The lowest BCUT2D eigenvalue weighted by Gasteiger charge is -2.33. The smallest absolute Gasteiger partial charge is 0.218 e. The predicted molar refractivity (Wildman–Crippen MR) is 106 cm³/mol. The summed E-state index contributed by atoms with van der Waals surface area (Å²) in [6.07, 6.45) is 0. The highest BCUT2D eigenvalue weighted by Gasteiger charge is 2.28. The molecule has 1 N–H and O–H groups in total. The lowest BCUT2D eigenvalue weighted by molar-refractivity contribution is 0.0901. The maximum Gasteiger partial charge on any atom is 0.218 e. The van der Waals surface area contributed by atoms with Crippen molar-refractivity contribution >= 4 is 15.8 Å². The zero-order chi connectivity index (χ0) is 19.6. The number of piperazine rings is 1. The van der Waals surface area contributed by atoms with E-state index in [1.54, 1.807) is 4.31 Å². The maximum atomic E-state index is 12.7. The minimum Gasteiger partial charge on any atom is -0.362 e. The first-order chi connectivity index (χ1) is 12.8. The van der Waals surface area contributed by atoms with Crippen molar-refractivity contribution in [3.8, 4) is 0 Å². The van der Waals surface area contributed by atoms with Crippen molar-refractivity contribution in [1.29, 1.82) is 0 Å². The van der Waals surface area contributed by atoms with Gasteiger partial charge in [-0.2, -0.15) is 4.31 Å². The molecule has 1 fully saturated rings. The molecule has 0 saturated carbocycles. The highest BCUT2D eigenvalue weighted by atomic mass is 32.2. The maximum absolute atomic E-state index is 12.7. The van der Waals surface area contributed by atoms with Gasteiger partial charge in [0.2, 0.25) is 10.0 Å². The number of rotatable bonds is 6. The summed E-state index contributed by atoms with van der Waals surface area (Å²) in [5, 5.41) is 0. The summed E-state index contributed by atoms with van der Waals surface area (Å²) in [6.45, 7) is 8.07. The van der Waals surface area contributed by atoms with E-state index in [4.69, 9.17) is 0 Å². The average molecular weight is 390 g/mol. The van der Waals surface area contributed by atoms with Crippen LogP contribution in [0.1, 0.15) is 32.9 Å². The number of aromatic nitrogens is 1. The van der Waals surface area contributed by atoms with Gasteiger partial charge in [-0.15, -0.1) is 0 Å². The molecule has 2 aromatic rings. The summed E-state index contributed by atoms with van der Waals surface area (Å²) >= 11 is 0. The third-order valence-corrected chi connectivity index (χ3v) is 6.97. The first-order valence-corrected chi connectivity index (χ1v) is 10.8. The van der Waals surface area contributed by atoms with Gasteiger partial charge in [0.25, 0.3) is 0 Å². The quantitative estimate of drug-likeness (QED) is 0.769. The third-order valence-electron chi connectivity index (χ3n) is 5.14. The van der Waals surface area contributed by atoms with Crippen LogP contribution in [-0.4, -0.2) is 61.1 Å². The lowest BCUT2D eigenvalue weighted by atomic mass is 10.1. The van der Waals surface area contributed by atoms with Gasteiger partial charge < -0.3 is 4.98 Å². The molecule has 1 aliphatic heterocycles. The molecule has 7 heteroatoms. The summed E-state index contributed by atoms with van der Waals surface area (Å²) in [7, 11) is -3.35. The van der Waals surface area contributed by atoms with Gasteiger partial charge in [0.15, 0.2) is 5.78 Å². The second-order valence-electron chi connectivity index (χ2n) is 7.27. The zero-order valence-electron chi connectivity index (χ0n) is 16.2. The van der Waals surface area contributed by atoms with Gasteiger partial charge in [-0.25, -0.2) is 8.42 Å². The molecule has 0 unspecified atom stereocenters. The fourth-order valence-electron chi connectivity index (χ4n) is 3.53. The molecule has 0 amide bonds. The van der Waals surface area contributed by atoms with Gasteiger partial charge in [-0.05, 0) is 38.0 Å². The van der Waals surface area contributed by atoms with Crippen LogP contribution in [0.3, 0.4) is 0 Å². The van der Waals surface area contributed by atoms with E-state index in [2.05, 4.69) is 4.98 Å². The molecule has 0 spiro atoms. The van der Waals surface area contributed by atoms with Crippen molar-refractivity contribution in [2.45, 2.75) is 26.5 Å². The second kappa shape index (κ2) is 7.96. The molecule has 146 valence electrons. The minimum absolute atomic E-state index is 0.0282. The number of benzene rings is 1. The highest BCUT2D eigenvalue weighted by Crippen LogP contribution is 2.17. The van der Waals surface area contributed by atoms with E-state index in [1.807, 2.05) is 56.0 Å². The van der Waals surface area contributed by atoms with Crippen LogP contribution in [0.2, 0.25) is 0 Å². The van der Waals surface area contributed by atoms with E-state index < -0.39 is 10.0 Å². The highest BCUT2D eigenvalue weighted by molar-refractivity contribution is 7.88. The number of ketones is 1. The van der Waals surface area contributed by atoms with Crippen LogP contribution in [0.4, 0.5) is 0 Å². The number of nitrogens with one attached hydrogen (secondary N) is 1. The molecular weight excluding hydrogens is 362 g/mol. The van der Waals surface area contributed by atoms with E-state index in [0.717, 1.165) is 28.1 Å². The van der Waals surface area contributed by atoms with Gasteiger partial charge in [0, 0.05) is 43.1 Å². The van der Waals surface area contributed by atoms with Crippen LogP contribution in [0.5, 0.6) is 0 Å². The standard InChI is InChI=1S/C20H27N3O3S/c1-15-6-4-5-7-18(15)14-27(25,26)23-10-8-22(9-11-23)13-20(24)19-12-16(2)21-17(19)3/h4-7,12,21H,8-11,13-14H2,1-3H3. The van der Waals surface area contributed by atoms with Crippen LogP contribution in [0.15, 0.2) is 30.3 Å². The number of hydrogen-bond acceptors (Lipinski definition) is 4. The fraction of sp³-hybridized carbons (Fsp3) is 0.450. The monoisotopic (exact) mass is 389 g/mol. The van der Waals surface area contributed by atoms with Crippen LogP contribution >= 0.6 is 0 Å². The van der Waals surface area contributed by atoms with Gasteiger partial charge in [0.05, 0.1) is 12.3 Å². The van der Waals surface area contributed by atoms with E-state index in [1.165, 1.54) is 0 Å². The first kappa shape index (κ1) is 19.8. The van der Waals surface area contributed by atoms with Crippen molar-refractivity contribution < 1.29 is 13.2 Å². The van der Waals surface area contributed by atoms with Crippen molar-refractivity contribution in [3.63, 3.8) is 0 Å². The second-order valence-corrected chi connectivity index (χ2v) is 9.24. The van der Waals surface area contributed by atoms with Crippen molar-refractivity contribution in [3.05, 3.63) is 58.4 Å². The molecule has 0 atom stereocenters. The SMILES string of the molecule is Cc1cc(C(=O)CN2CCN(S(=O)(=O)Cc3ccccc3C)CC2)c(C)[nH]1. The van der Waals surface area contributed by atoms with Crippen LogP contribution < -0.4 is 0 Å². The van der Waals surface area contributed by atoms with Crippen LogP contribution in [0, 0.1) is 20.8 Å². The molecule has 1 aliphatic rings. The largest absolute Gasteiger partial charge is 0.362 e. The molecular formula is C20H27N3O3S. The Balaban J connectivity index is 1.57. The number of nitrogens with zero attached hydrogens (tertiary/aromatic N) is 2. The van der Waals surface area contributed by atoms with Crippen molar-refractivity contribution in [2.75, 3.05) is 32.7 Å². The molecule has 1 aromatic heterocycles. The van der Waals surface area contributed by atoms with E-state index in [0.29, 0.717) is 32.7 Å². The predicted octanol–water partition coefficient (Wildman–Crippen LogP) is 2.27. The topological polar surface area (TPSA) is 73.5 Å². The molecule has 0 aliphatic carbocycles. The fourth-order valence-corrected chi connectivity index (χ4v) is 5.15. The summed E-state index contributed by atoms with van der Waals surface area (Å²) in [4.78, 5) is 17.7. The summed E-state index contributed by atoms with van der Waals surface area (Å²) in [5.41, 5.74) is 4.41. The van der Waals surface area contributed by atoms with Gasteiger partial charge >= 0.3 is 0 Å². The van der Waals surface area contributed by atoms with Gasteiger partial charge in [-0.1, -0.05) is 24.3 Å². The van der Waals surface area contributed by atoms with E-state index in [9.17, 15) is 13.2 Å². The number of aromatic amines is 1. The molecule has 1 saturated heterocycles. The first-order valence-electron chi connectivity index (χ1n) is 9.20. The molecule has 1 aromatic carbocycles. The van der Waals surface area contributed by atoms with Crippen molar-refractivity contribution in [2.24, 2.45) is 0 Å². The Morgan fingerprint density at radius 3 is 2.33 bits per heavy atom. The minimum atomic E-state index is -3.35. The molecule has 2 heterocycles.